The Hall–Kier alpha value is -1.06. The second-order valence-electron chi connectivity index (χ2n) is 3.40. The van der Waals surface area contributed by atoms with Gasteiger partial charge in [-0.3, -0.25) is 4.79 Å². The minimum atomic E-state index is -0.218. The van der Waals surface area contributed by atoms with Gasteiger partial charge in [0.25, 0.3) is 0 Å². The minimum absolute atomic E-state index is 0.0330. The summed E-state index contributed by atoms with van der Waals surface area (Å²) in [6.07, 6.45) is 0. The fourth-order valence-electron chi connectivity index (χ4n) is 1.08. The van der Waals surface area contributed by atoms with Crippen molar-refractivity contribution >= 4 is 23.2 Å². The molecule has 0 aromatic heterocycles. The zero-order valence-electron chi connectivity index (χ0n) is 8.53. The summed E-state index contributed by atoms with van der Waals surface area (Å²) in [6.45, 7) is 1.73. The van der Waals surface area contributed by atoms with E-state index in [1.54, 1.807) is 31.2 Å². The molecule has 1 unspecified atom stereocenters. The summed E-state index contributed by atoms with van der Waals surface area (Å²) < 4.78 is 0. The van der Waals surface area contributed by atoms with E-state index in [4.69, 9.17) is 16.7 Å². The van der Waals surface area contributed by atoms with Crippen molar-refractivity contribution in [3.05, 3.63) is 29.8 Å². The van der Waals surface area contributed by atoms with Gasteiger partial charge in [0.1, 0.15) is 0 Å². The quantitative estimate of drug-likeness (QED) is 0.773. The van der Waals surface area contributed by atoms with E-state index in [0.717, 1.165) is 5.56 Å². The molecular formula is C11H14ClNO2. The Morgan fingerprint density at radius 3 is 2.93 bits per heavy atom. The van der Waals surface area contributed by atoms with Crippen molar-refractivity contribution < 1.29 is 9.90 Å². The first-order chi connectivity index (χ1) is 7.17. The van der Waals surface area contributed by atoms with Crippen LogP contribution in [0.4, 0.5) is 5.69 Å². The van der Waals surface area contributed by atoms with Gasteiger partial charge in [-0.1, -0.05) is 19.1 Å². The van der Waals surface area contributed by atoms with Crippen LogP contribution >= 0.6 is 11.6 Å². The molecule has 0 radical (unpaired) electrons. The Balaban J connectivity index is 2.68. The van der Waals surface area contributed by atoms with Crippen LogP contribution in [-0.2, 0) is 11.4 Å². The van der Waals surface area contributed by atoms with Crippen LogP contribution in [0.1, 0.15) is 12.5 Å². The number of hydrogen-bond donors (Lipinski definition) is 2. The SMILES string of the molecule is CC(CCl)C(=O)Nc1cccc(CO)c1. The van der Waals surface area contributed by atoms with Crippen molar-refractivity contribution in [1.29, 1.82) is 0 Å². The van der Waals surface area contributed by atoms with Crippen LogP contribution < -0.4 is 5.32 Å². The number of anilines is 1. The number of rotatable bonds is 4. The molecule has 1 aromatic carbocycles. The topological polar surface area (TPSA) is 49.3 Å². The second kappa shape index (κ2) is 5.73. The predicted molar refractivity (Wildman–Crippen MR) is 60.9 cm³/mol. The summed E-state index contributed by atoms with van der Waals surface area (Å²) in [5.41, 5.74) is 1.45. The molecule has 2 N–H and O–H groups in total. The number of halogens is 1. The van der Waals surface area contributed by atoms with Crippen molar-refractivity contribution in [2.75, 3.05) is 11.2 Å². The van der Waals surface area contributed by atoms with Crippen LogP contribution in [0.2, 0.25) is 0 Å². The number of aliphatic hydroxyl groups is 1. The van der Waals surface area contributed by atoms with E-state index in [0.29, 0.717) is 11.6 Å². The van der Waals surface area contributed by atoms with Crippen molar-refractivity contribution in [3.63, 3.8) is 0 Å². The van der Waals surface area contributed by atoms with E-state index in [9.17, 15) is 4.79 Å². The highest BCUT2D eigenvalue weighted by atomic mass is 35.5. The fourth-order valence-corrected chi connectivity index (χ4v) is 1.22. The fraction of sp³-hybridized carbons (Fsp3) is 0.364. The molecule has 1 rings (SSSR count). The van der Waals surface area contributed by atoms with Gasteiger partial charge in [-0.2, -0.15) is 0 Å². The maximum absolute atomic E-state index is 11.5. The summed E-state index contributed by atoms with van der Waals surface area (Å²) in [7, 11) is 0. The lowest BCUT2D eigenvalue weighted by Gasteiger charge is -2.09. The number of alkyl halides is 1. The lowest BCUT2D eigenvalue weighted by Crippen LogP contribution is -2.21. The molecule has 4 heteroatoms. The van der Waals surface area contributed by atoms with E-state index in [1.807, 2.05) is 0 Å². The molecule has 0 aliphatic rings. The Bertz CT molecular complexity index is 341. The Kier molecular flexibility index (Phi) is 4.59. The molecule has 0 aliphatic carbocycles. The van der Waals surface area contributed by atoms with Crippen molar-refractivity contribution in [2.45, 2.75) is 13.5 Å². The monoisotopic (exact) mass is 227 g/mol. The molecule has 1 amide bonds. The highest BCUT2D eigenvalue weighted by Crippen LogP contribution is 2.12. The molecule has 1 aromatic rings. The first-order valence-corrected chi connectivity index (χ1v) is 5.27. The smallest absolute Gasteiger partial charge is 0.228 e. The maximum Gasteiger partial charge on any atom is 0.228 e. The van der Waals surface area contributed by atoms with Gasteiger partial charge in [0, 0.05) is 17.5 Å². The highest BCUT2D eigenvalue weighted by Gasteiger charge is 2.11. The molecule has 0 aliphatic heterocycles. The van der Waals surface area contributed by atoms with Crippen LogP contribution in [0.25, 0.3) is 0 Å². The largest absolute Gasteiger partial charge is 0.392 e. The van der Waals surface area contributed by atoms with Crippen molar-refractivity contribution in [2.24, 2.45) is 5.92 Å². The van der Waals surface area contributed by atoms with Gasteiger partial charge in [-0.15, -0.1) is 11.6 Å². The number of aliphatic hydroxyl groups excluding tert-OH is 1. The first-order valence-electron chi connectivity index (χ1n) is 4.74. The Labute approximate surface area is 94.1 Å². The van der Waals surface area contributed by atoms with E-state index in [2.05, 4.69) is 5.32 Å². The summed E-state index contributed by atoms with van der Waals surface area (Å²) in [5.74, 6) is -0.0320. The summed E-state index contributed by atoms with van der Waals surface area (Å²) in [4.78, 5) is 11.5. The average molecular weight is 228 g/mol. The Morgan fingerprint density at radius 2 is 2.33 bits per heavy atom. The molecule has 0 heterocycles. The van der Waals surface area contributed by atoms with Crippen LogP contribution in [-0.4, -0.2) is 16.9 Å². The molecule has 0 saturated heterocycles. The first kappa shape index (κ1) is 12.0. The zero-order chi connectivity index (χ0) is 11.3. The summed E-state index contributed by atoms with van der Waals surface area (Å²) in [5, 5.41) is 11.7. The Morgan fingerprint density at radius 1 is 1.60 bits per heavy atom. The molecule has 0 saturated carbocycles. The number of nitrogens with one attached hydrogen (secondary N) is 1. The normalized spacial score (nSPS) is 12.2. The third-order valence-electron chi connectivity index (χ3n) is 2.06. The van der Waals surface area contributed by atoms with Crippen LogP contribution in [0.15, 0.2) is 24.3 Å². The lowest BCUT2D eigenvalue weighted by atomic mass is 10.1. The number of amides is 1. The van der Waals surface area contributed by atoms with Crippen molar-refractivity contribution in [1.82, 2.24) is 0 Å². The molecule has 0 bridgehead atoms. The number of hydrogen-bond acceptors (Lipinski definition) is 2. The lowest BCUT2D eigenvalue weighted by molar-refractivity contribution is -0.118. The second-order valence-corrected chi connectivity index (χ2v) is 3.71. The molecule has 1 atom stereocenters. The van der Waals surface area contributed by atoms with Crippen molar-refractivity contribution in [3.8, 4) is 0 Å². The standard InChI is InChI=1S/C11H14ClNO2/c1-8(6-12)11(15)13-10-4-2-3-9(5-10)7-14/h2-5,8,14H,6-7H2,1H3,(H,13,15). The molecular weight excluding hydrogens is 214 g/mol. The molecule has 15 heavy (non-hydrogen) atoms. The van der Waals surface area contributed by atoms with Gasteiger partial charge in [0.2, 0.25) is 5.91 Å². The molecule has 0 fully saturated rings. The number of carbonyl (C=O) groups excluding carboxylic acids is 1. The number of carbonyl (C=O) groups is 1. The van der Waals surface area contributed by atoms with E-state index < -0.39 is 0 Å². The van der Waals surface area contributed by atoms with Gasteiger partial charge >= 0.3 is 0 Å². The third-order valence-corrected chi connectivity index (χ3v) is 2.52. The number of benzene rings is 1. The van der Waals surface area contributed by atoms with Gasteiger partial charge in [0.05, 0.1) is 6.61 Å². The van der Waals surface area contributed by atoms with E-state index in [-0.39, 0.29) is 18.4 Å². The maximum atomic E-state index is 11.5. The molecule has 82 valence electrons. The third kappa shape index (κ3) is 3.53. The molecule has 0 spiro atoms. The van der Waals surface area contributed by atoms with E-state index >= 15 is 0 Å². The van der Waals surface area contributed by atoms with Gasteiger partial charge in [-0.25, -0.2) is 0 Å². The van der Waals surface area contributed by atoms with Gasteiger partial charge in [0.15, 0.2) is 0 Å². The van der Waals surface area contributed by atoms with E-state index in [1.165, 1.54) is 0 Å². The molecule has 3 nitrogen and oxygen atoms in total. The summed E-state index contributed by atoms with van der Waals surface area (Å²) >= 11 is 5.57. The minimum Gasteiger partial charge on any atom is -0.392 e. The van der Waals surface area contributed by atoms with Crippen LogP contribution in [0.3, 0.4) is 0 Å². The summed E-state index contributed by atoms with van der Waals surface area (Å²) in [6, 6.07) is 7.09. The van der Waals surface area contributed by atoms with Crippen LogP contribution in [0, 0.1) is 5.92 Å². The average Bonchev–Trinajstić information content (AvgIpc) is 2.28. The predicted octanol–water partition coefficient (Wildman–Crippen LogP) is 1.99. The van der Waals surface area contributed by atoms with Crippen LogP contribution in [0.5, 0.6) is 0 Å². The zero-order valence-corrected chi connectivity index (χ0v) is 9.29. The highest BCUT2D eigenvalue weighted by molar-refractivity contribution is 6.19. The van der Waals surface area contributed by atoms with Gasteiger partial charge in [-0.05, 0) is 17.7 Å². The van der Waals surface area contributed by atoms with Gasteiger partial charge < -0.3 is 10.4 Å².